The molecular formula is C19H20N2O4. The minimum Gasteiger partial charge on any atom is -0.423 e. The average molecular weight is 340 g/mol. The maximum absolute atomic E-state index is 12.5. The first kappa shape index (κ1) is 18.2. The second kappa shape index (κ2) is 7.61. The lowest BCUT2D eigenvalue weighted by molar-refractivity contribution is -0.115. The molecule has 0 saturated carbocycles. The van der Waals surface area contributed by atoms with Crippen molar-refractivity contribution in [2.75, 3.05) is 10.6 Å². The second-order valence-electron chi connectivity index (χ2n) is 5.82. The van der Waals surface area contributed by atoms with Crippen LogP contribution in [0.25, 0.3) is 0 Å². The maximum atomic E-state index is 12.5. The minimum absolute atomic E-state index is 0.218. The summed E-state index contributed by atoms with van der Waals surface area (Å²) in [6.07, 6.45) is 0. The molecule has 2 amide bonds. The Morgan fingerprint density at radius 1 is 0.840 bits per heavy atom. The van der Waals surface area contributed by atoms with Crippen LogP contribution in [-0.4, -0.2) is 17.8 Å². The smallest absolute Gasteiger partial charge is 0.343 e. The van der Waals surface area contributed by atoms with E-state index in [4.69, 9.17) is 4.74 Å². The molecule has 2 N–H and O–H groups in total. The molecule has 0 aromatic heterocycles. The molecule has 2 aromatic carbocycles. The lowest BCUT2D eigenvalue weighted by Crippen LogP contribution is -2.13. The van der Waals surface area contributed by atoms with Crippen molar-refractivity contribution in [1.29, 1.82) is 0 Å². The van der Waals surface area contributed by atoms with Crippen LogP contribution in [0.2, 0.25) is 0 Å². The van der Waals surface area contributed by atoms with Crippen molar-refractivity contribution < 1.29 is 19.1 Å². The van der Waals surface area contributed by atoms with E-state index in [1.807, 2.05) is 26.0 Å². The van der Waals surface area contributed by atoms with Gasteiger partial charge in [-0.05, 0) is 43.7 Å². The number of amides is 2. The summed E-state index contributed by atoms with van der Waals surface area (Å²) in [4.78, 5) is 35.0. The number of nitrogens with one attached hydrogen (secondary N) is 2. The average Bonchev–Trinajstić information content (AvgIpc) is 2.48. The summed E-state index contributed by atoms with van der Waals surface area (Å²) in [7, 11) is 0. The van der Waals surface area contributed by atoms with Gasteiger partial charge in [-0.15, -0.1) is 0 Å². The van der Waals surface area contributed by atoms with E-state index in [0.717, 1.165) is 11.1 Å². The predicted octanol–water partition coefficient (Wildman–Crippen LogP) is 3.44. The Hall–Kier alpha value is -3.15. The van der Waals surface area contributed by atoms with E-state index in [2.05, 4.69) is 10.6 Å². The number of esters is 1. The van der Waals surface area contributed by atoms with E-state index in [0.29, 0.717) is 17.1 Å². The fraction of sp³-hybridized carbons (Fsp3) is 0.211. The van der Waals surface area contributed by atoms with Gasteiger partial charge in [-0.1, -0.05) is 17.7 Å². The molecule has 25 heavy (non-hydrogen) atoms. The molecule has 6 nitrogen and oxygen atoms in total. The van der Waals surface area contributed by atoms with E-state index in [9.17, 15) is 14.4 Å². The molecule has 6 heteroatoms. The predicted molar refractivity (Wildman–Crippen MR) is 95.9 cm³/mol. The quantitative estimate of drug-likeness (QED) is 0.659. The number of anilines is 2. The van der Waals surface area contributed by atoms with Gasteiger partial charge in [0.2, 0.25) is 11.8 Å². The van der Waals surface area contributed by atoms with Crippen molar-refractivity contribution >= 4 is 29.2 Å². The first-order valence-electron chi connectivity index (χ1n) is 7.74. The lowest BCUT2D eigenvalue weighted by Gasteiger charge is -2.12. The third-order valence-corrected chi connectivity index (χ3v) is 3.34. The normalized spacial score (nSPS) is 10.1. The Balaban J connectivity index is 2.33. The number of hydrogen-bond donors (Lipinski definition) is 2. The Kier molecular flexibility index (Phi) is 5.54. The number of rotatable bonds is 4. The van der Waals surface area contributed by atoms with Gasteiger partial charge >= 0.3 is 5.97 Å². The lowest BCUT2D eigenvalue weighted by atomic mass is 10.1. The summed E-state index contributed by atoms with van der Waals surface area (Å²) in [6.45, 7) is 6.53. The highest BCUT2D eigenvalue weighted by atomic mass is 16.5. The van der Waals surface area contributed by atoms with Crippen molar-refractivity contribution in [3.63, 3.8) is 0 Å². The van der Waals surface area contributed by atoms with Crippen molar-refractivity contribution in [3.05, 3.63) is 53.1 Å². The maximum Gasteiger partial charge on any atom is 0.343 e. The SMILES string of the molecule is CC(=O)Nc1cc(NC(C)=O)cc(C(=O)Oc2ccc(C)cc2C)c1. The summed E-state index contributed by atoms with van der Waals surface area (Å²) in [5.74, 6) is -0.685. The van der Waals surface area contributed by atoms with Crippen LogP contribution < -0.4 is 15.4 Å². The standard InChI is InChI=1S/C19H20N2O4/c1-11-5-6-18(12(2)7-11)25-19(24)15-8-16(20-13(3)22)10-17(9-15)21-14(4)23/h5-10H,1-4H3,(H,20,22)(H,21,23). The van der Waals surface area contributed by atoms with E-state index >= 15 is 0 Å². The number of hydrogen-bond acceptors (Lipinski definition) is 4. The van der Waals surface area contributed by atoms with Crippen molar-refractivity contribution in [1.82, 2.24) is 0 Å². The van der Waals surface area contributed by atoms with Crippen LogP contribution in [0.15, 0.2) is 36.4 Å². The first-order chi connectivity index (χ1) is 11.7. The Morgan fingerprint density at radius 3 is 1.88 bits per heavy atom. The van der Waals surface area contributed by atoms with Gasteiger partial charge in [-0.25, -0.2) is 4.79 Å². The zero-order valence-corrected chi connectivity index (χ0v) is 14.6. The number of aryl methyl sites for hydroxylation is 2. The van der Waals surface area contributed by atoms with Crippen molar-refractivity contribution in [3.8, 4) is 5.75 Å². The number of carbonyl (C=O) groups is 3. The fourth-order valence-corrected chi connectivity index (χ4v) is 2.37. The van der Waals surface area contributed by atoms with Crippen LogP contribution >= 0.6 is 0 Å². The first-order valence-corrected chi connectivity index (χ1v) is 7.74. The molecule has 0 fully saturated rings. The number of ether oxygens (including phenoxy) is 1. The third-order valence-electron chi connectivity index (χ3n) is 3.34. The van der Waals surface area contributed by atoms with Gasteiger partial charge in [0.05, 0.1) is 5.56 Å². The number of carbonyl (C=O) groups excluding carboxylic acids is 3. The summed E-state index contributed by atoms with van der Waals surface area (Å²) in [5, 5.41) is 5.20. The number of benzene rings is 2. The van der Waals surface area contributed by atoms with E-state index in [1.54, 1.807) is 12.1 Å². The molecule has 0 radical (unpaired) electrons. The van der Waals surface area contributed by atoms with Crippen LogP contribution in [0.3, 0.4) is 0 Å². The molecule has 0 spiro atoms. The molecule has 0 bridgehead atoms. The van der Waals surface area contributed by atoms with Gasteiger partial charge in [0.25, 0.3) is 0 Å². The summed E-state index contributed by atoms with van der Waals surface area (Å²) >= 11 is 0. The minimum atomic E-state index is -0.578. The molecule has 0 aliphatic rings. The van der Waals surface area contributed by atoms with Crippen molar-refractivity contribution in [2.45, 2.75) is 27.7 Å². The molecule has 0 atom stereocenters. The molecule has 0 aliphatic heterocycles. The van der Waals surface area contributed by atoms with Gasteiger partial charge in [-0.2, -0.15) is 0 Å². The molecule has 0 aliphatic carbocycles. The molecule has 0 heterocycles. The Bertz CT molecular complexity index is 809. The molecule has 0 unspecified atom stereocenters. The zero-order valence-electron chi connectivity index (χ0n) is 14.6. The van der Waals surface area contributed by atoms with Crippen LogP contribution in [0.4, 0.5) is 11.4 Å². The Labute approximate surface area is 146 Å². The molecule has 2 aromatic rings. The highest BCUT2D eigenvalue weighted by molar-refractivity contribution is 5.98. The van der Waals surface area contributed by atoms with Crippen LogP contribution in [0.1, 0.15) is 35.3 Å². The fourth-order valence-electron chi connectivity index (χ4n) is 2.37. The van der Waals surface area contributed by atoms with E-state index in [1.165, 1.54) is 26.0 Å². The Morgan fingerprint density at radius 2 is 1.40 bits per heavy atom. The van der Waals surface area contributed by atoms with Gasteiger partial charge < -0.3 is 15.4 Å². The second-order valence-corrected chi connectivity index (χ2v) is 5.82. The van der Waals surface area contributed by atoms with E-state index in [-0.39, 0.29) is 17.4 Å². The van der Waals surface area contributed by atoms with Gasteiger partial charge in [0, 0.05) is 25.2 Å². The highest BCUT2D eigenvalue weighted by Gasteiger charge is 2.14. The molecule has 130 valence electrons. The molecular weight excluding hydrogens is 320 g/mol. The van der Waals surface area contributed by atoms with Crippen LogP contribution in [-0.2, 0) is 9.59 Å². The van der Waals surface area contributed by atoms with Gasteiger partial charge in [0.1, 0.15) is 5.75 Å². The van der Waals surface area contributed by atoms with E-state index < -0.39 is 5.97 Å². The summed E-state index contributed by atoms with van der Waals surface area (Å²) in [6, 6.07) is 10.1. The van der Waals surface area contributed by atoms with Crippen molar-refractivity contribution in [2.24, 2.45) is 0 Å². The molecule has 2 rings (SSSR count). The summed E-state index contributed by atoms with van der Waals surface area (Å²) in [5.41, 5.74) is 2.92. The zero-order chi connectivity index (χ0) is 18.6. The third kappa shape index (κ3) is 5.17. The monoisotopic (exact) mass is 340 g/mol. The summed E-state index contributed by atoms with van der Waals surface area (Å²) < 4.78 is 5.44. The topological polar surface area (TPSA) is 84.5 Å². The van der Waals surface area contributed by atoms with Crippen LogP contribution in [0.5, 0.6) is 5.75 Å². The largest absolute Gasteiger partial charge is 0.423 e. The highest BCUT2D eigenvalue weighted by Crippen LogP contribution is 2.23. The van der Waals surface area contributed by atoms with Gasteiger partial charge in [0.15, 0.2) is 0 Å². The molecule has 0 saturated heterocycles. The van der Waals surface area contributed by atoms with Crippen LogP contribution in [0, 0.1) is 13.8 Å². The van der Waals surface area contributed by atoms with Gasteiger partial charge in [-0.3, -0.25) is 9.59 Å².